The van der Waals surface area contributed by atoms with Crippen LogP contribution in [-0.2, 0) is 0 Å². The molecule has 1 atom stereocenters. The highest BCUT2D eigenvalue weighted by atomic mass is 35.5. The highest BCUT2D eigenvalue weighted by Gasteiger charge is 2.07. The van der Waals surface area contributed by atoms with Gasteiger partial charge >= 0.3 is 0 Å². The van der Waals surface area contributed by atoms with Crippen LogP contribution in [0.2, 0.25) is 10.0 Å². The molecule has 0 saturated carbocycles. The molecule has 0 bridgehead atoms. The minimum absolute atomic E-state index is 0.218. The van der Waals surface area contributed by atoms with Gasteiger partial charge in [0.15, 0.2) is 0 Å². The summed E-state index contributed by atoms with van der Waals surface area (Å²) in [5.41, 5.74) is 4.79. The summed E-state index contributed by atoms with van der Waals surface area (Å²) in [6, 6.07) is 12.4. The lowest BCUT2D eigenvalue weighted by Gasteiger charge is -2.17. The lowest BCUT2D eigenvalue weighted by molar-refractivity contribution is 0.881. The Hall–Kier alpha value is -1.18. The molecule has 0 aliphatic carbocycles. The highest BCUT2D eigenvalue weighted by molar-refractivity contribution is 6.42. The molecule has 1 nitrogen and oxygen atoms in total. The first kappa shape index (κ1) is 14.2. The summed E-state index contributed by atoms with van der Waals surface area (Å²) in [6.07, 6.45) is 0. The maximum atomic E-state index is 6.02. The number of aryl methyl sites for hydroxylation is 2. The molecule has 19 heavy (non-hydrogen) atoms. The first-order valence-electron chi connectivity index (χ1n) is 6.25. The highest BCUT2D eigenvalue weighted by Crippen LogP contribution is 2.27. The zero-order valence-electron chi connectivity index (χ0n) is 11.3. The van der Waals surface area contributed by atoms with E-state index in [0.717, 1.165) is 5.69 Å². The van der Waals surface area contributed by atoms with Gasteiger partial charge in [-0.1, -0.05) is 52.5 Å². The zero-order valence-corrected chi connectivity index (χ0v) is 12.8. The molecule has 2 aromatic carbocycles. The summed E-state index contributed by atoms with van der Waals surface area (Å²) in [7, 11) is 0. The molecule has 0 aliphatic rings. The standard InChI is InChI=1S/C16H17Cl2N/c1-10-6-11(2)8-13(7-10)12(3)19-14-4-5-15(17)16(18)9-14/h4-9,12,19H,1-3H3. The minimum Gasteiger partial charge on any atom is -0.378 e. The molecule has 100 valence electrons. The Morgan fingerprint density at radius 3 is 2.11 bits per heavy atom. The SMILES string of the molecule is Cc1cc(C)cc(C(C)Nc2ccc(Cl)c(Cl)c2)c1. The fourth-order valence-electron chi connectivity index (χ4n) is 2.18. The van der Waals surface area contributed by atoms with Crippen molar-refractivity contribution in [3.05, 3.63) is 63.1 Å². The van der Waals surface area contributed by atoms with Gasteiger partial charge in [0.2, 0.25) is 0 Å². The van der Waals surface area contributed by atoms with Crippen LogP contribution in [0.3, 0.4) is 0 Å². The third-order valence-electron chi connectivity index (χ3n) is 3.05. The van der Waals surface area contributed by atoms with Gasteiger partial charge in [0.1, 0.15) is 0 Å². The van der Waals surface area contributed by atoms with Crippen molar-refractivity contribution in [2.24, 2.45) is 0 Å². The molecule has 0 aromatic heterocycles. The number of halogens is 2. The van der Waals surface area contributed by atoms with Crippen molar-refractivity contribution < 1.29 is 0 Å². The smallest absolute Gasteiger partial charge is 0.0612 e. The van der Waals surface area contributed by atoms with Gasteiger partial charge in [0, 0.05) is 11.7 Å². The van der Waals surface area contributed by atoms with E-state index < -0.39 is 0 Å². The Morgan fingerprint density at radius 1 is 0.895 bits per heavy atom. The molecule has 1 unspecified atom stereocenters. The maximum Gasteiger partial charge on any atom is 0.0612 e. The minimum atomic E-state index is 0.218. The van der Waals surface area contributed by atoms with E-state index in [4.69, 9.17) is 23.2 Å². The van der Waals surface area contributed by atoms with Crippen LogP contribution in [0.15, 0.2) is 36.4 Å². The Labute approximate surface area is 124 Å². The normalized spacial score (nSPS) is 12.3. The Kier molecular flexibility index (Phi) is 4.38. The summed E-state index contributed by atoms with van der Waals surface area (Å²) in [5, 5.41) is 4.58. The predicted molar refractivity (Wildman–Crippen MR) is 84.4 cm³/mol. The van der Waals surface area contributed by atoms with E-state index in [1.165, 1.54) is 16.7 Å². The van der Waals surface area contributed by atoms with Crippen LogP contribution in [0.5, 0.6) is 0 Å². The second-order valence-corrected chi connectivity index (χ2v) is 5.73. The first-order chi connectivity index (χ1) is 8.95. The van der Waals surface area contributed by atoms with Crippen LogP contribution in [0, 0.1) is 13.8 Å². The van der Waals surface area contributed by atoms with Gasteiger partial charge in [-0.3, -0.25) is 0 Å². The lowest BCUT2D eigenvalue weighted by atomic mass is 10.0. The van der Waals surface area contributed by atoms with Gasteiger partial charge in [-0.05, 0) is 44.5 Å². The van der Waals surface area contributed by atoms with Crippen molar-refractivity contribution in [1.82, 2.24) is 0 Å². The van der Waals surface area contributed by atoms with Crippen molar-refractivity contribution >= 4 is 28.9 Å². The van der Waals surface area contributed by atoms with Crippen molar-refractivity contribution in [3.63, 3.8) is 0 Å². The number of hydrogen-bond acceptors (Lipinski definition) is 1. The molecular weight excluding hydrogens is 277 g/mol. The van der Waals surface area contributed by atoms with E-state index in [9.17, 15) is 0 Å². The van der Waals surface area contributed by atoms with Crippen LogP contribution in [-0.4, -0.2) is 0 Å². The van der Waals surface area contributed by atoms with Crippen molar-refractivity contribution in [2.45, 2.75) is 26.8 Å². The van der Waals surface area contributed by atoms with Gasteiger partial charge in [-0.25, -0.2) is 0 Å². The molecule has 0 aliphatic heterocycles. The van der Waals surface area contributed by atoms with E-state index in [-0.39, 0.29) is 6.04 Å². The van der Waals surface area contributed by atoms with Crippen molar-refractivity contribution in [1.29, 1.82) is 0 Å². The number of benzene rings is 2. The van der Waals surface area contributed by atoms with Crippen LogP contribution in [0.1, 0.15) is 29.7 Å². The molecule has 2 aromatic rings. The molecule has 1 N–H and O–H groups in total. The van der Waals surface area contributed by atoms with Gasteiger partial charge in [-0.2, -0.15) is 0 Å². The molecular formula is C16H17Cl2N. The van der Waals surface area contributed by atoms with Gasteiger partial charge < -0.3 is 5.32 Å². The molecule has 2 rings (SSSR count). The number of anilines is 1. The van der Waals surface area contributed by atoms with Crippen molar-refractivity contribution in [3.8, 4) is 0 Å². The maximum absolute atomic E-state index is 6.02. The first-order valence-corrected chi connectivity index (χ1v) is 7.01. The summed E-state index contributed by atoms with van der Waals surface area (Å²) in [6.45, 7) is 6.36. The van der Waals surface area contributed by atoms with E-state index in [1.54, 1.807) is 6.07 Å². The third kappa shape index (κ3) is 3.65. The van der Waals surface area contributed by atoms with E-state index >= 15 is 0 Å². The average molecular weight is 294 g/mol. The van der Waals surface area contributed by atoms with Crippen LogP contribution in [0.4, 0.5) is 5.69 Å². The van der Waals surface area contributed by atoms with Gasteiger partial charge in [0.05, 0.1) is 10.0 Å². The fraction of sp³-hybridized carbons (Fsp3) is 0.250. The molecule has 0 fully saturated rings. The summed E-state index contributed by atoms with van der Waals surface area (Å²) >= 11 is 11.9. The molecule has 3 heteroatoms. The summed E-state index contributed by atoms with van der Waals surface area (Å²) in [4.78, 5) is 0. The third-order valence-corrected chi connectivity index (χ3v) is 3.79. The molecule has 0 amide bonds. The van der Waals surface area contributed by atoms with Crippen LogP contribution in [0.25, 0.3) is 0 Å². The van der Waals surface area contributed by atoms with Crippen LogP contribution < -0.4 is 5.32 Å². The average Bonchev–Trinajstić information content (AvgIpc) is 2.32. The number of hydrogen-bond donors (Lipinski definition) is 1. The Bertz CT molecular complexity index is 573. The van der Waals surface area contributed by atoms with E-state index in [2.05, 4.69) is 44.3 Å². The number of nitrogens with one attached hydrogen (secondary N) is 1. The Balaban J connectivity index is 2.20. The van der Waals surface area contributed by atoms with Crippen LogP contribution >= 0.6 is 23.2 Å². The molecule has 0 heterocycles. The van der Waals surface area contributed by atoms with E-state index in [1.807, 2.05) is 12.1 Å². The predicted octanol–water partition coefficient (Wildman–Crippen LogP) is 5.78. The lowest BCUT2D eigenvalue weighted by Crippen LogP contribution is -2.07. The second kappa shape index (κ2) is 5.85. The molecule has 0 spiro atoms. The Morgan fingerprint density at radius 2 is 1.53 bits per heavy atom. The van der Waals surface area contributed by atoms with Gasteiger partial charge in [-0.15, -0.1) is 0 Å². The summed E-state index contributed by atoms with van der Waals surface area (Å²) in [5.74, 6) is 0. The number of rotatable bonds is 3. The zero-order chi connectivity index (χ0) is 14.0. The summed E-state index contributed by atoms with van der Waals surface area (Å²) < 4.78 is 0. The van der Waals surface area contributed by atoms with E-state index in [0.29, 0.717) is 10.0 Å². The second-order valence-electron chi connectivity index (χ2n) is 4.92. The van der Waals surface area contributed by atoms with Crippen molar-refractivity contribution in [2.75, 3.05) is 5.32 Å². The quantitative estimate of drug-likeness (QED) is 0.756. The molecule has 0 radical (unpaired) electrons. The topological polar surface area (TPSA) is 12.0 Å². The molecule has 0 saturated heterocycles. The largest absolute Gasteiger partial charge is 0.378 e. The van der Waals surface area contributed by atoms with Gasteiger partial charge in [0.25, 0.3) is 0 Å². The fourth-order valence-corrected chi connectivity index (χ4v) is 2.48. The monoisotopic (exact) mass is 293 g/mol.